The SMILES string of the molecule is CCCNc1cnc(CSc2ccc(C)cc2C)cn1. The first-order chi connectivity index (χ1) is 9.69. The van der Waals surface area contributed by atoms with Crippen LogP contribution in [0.5, 0.6) is 0 Å². The first-order valence-corrected chi connectivity index (χ1v) is 7.92. The summed E-state index contributed by atoms with van der Waals surface area (Å²) in [6, 6.07) is 6.55. The smallest absolute Gasteiger partial charge is 0.144 e. The fraction of sp³-hybridized carbons (Fsp3) is 0.375. The van der Waals surface area contributed by atoms with Crippen molar-refractivity contribution in [2.24, 2.45) is 0 Å². The molecule has 0 spiro atoms. The molecular formula is C16H21N3S. The van der Waals surface area contributed by atoms with Gasteiger partial charge in [0.25, 0.3) is 0 Å². The van der Waals surface area contributed by atoms with Gasteiger partial charge in [0.2, 0.25) is 0 Å². The van der Waals surface area contributed by atoms with Crippen molar-refractivity contribution < 1.29 is 0 Å². The molecule has 0 aliphatic heterocycles. The van der Waals surface area contributed by atoms with Gasteiger partial charge in [-0.15, -0.1) is 11.8 Å². The van der Waals surface area contributed by atoms with Crippen molar-refractivity contribution in [3.8, 4) is 0 Å². The highest BCUT2D eigenvalue weighted by Gasteiger charge is 2.02. The number of aryl methyl sites for hydroxylation is 2. The first-order valence-electron chi connectivity index (χ1n) is 6.94. The minimum absolute atomic E-state index is 0.852. The first kappa shape index (κ1) is 14.9. The molecule has 0 bridgehead atoms. The van der Waals surface area contributed by atoms with Crippen LogP contribution in [0, 0.1) is 13.8 Å². The summed E-state index contributed by atoms with van der Waals surface area (Å²) in [6.07, 6.45) is 4.76. The van der Waals surface area contributed by atoms with Gasteiger partial charge >= 0.3 is 0 Å². The van der Waals surface area contributed by atoms with E-state index in [2.05, 4.69) is 54.3 Å². The summed E-state index contributed by atoms with van der Waals surface area (Å²) in [7, 11) is 0. The van der Waals surface area contributed by atoms with Crippen LogP contribution in [0.4, 0.5) is 5.82 Å². The van der Waals surface area contributed by atoms with Gasteiger partial charge in [0.05, 0.1) is 18.1 Å². The van der Waals surface area contributed by atoms with Crippen molar-refractivity contribution in [1.29, 1.82) is 0 Å². The number of anilines is 1. The fourth-order valence-electron chi connectivity index (χ4n) is 1.89. The number of aromatic nitrogens is 2. The topological polar surface area (TPSA) is 37.8 Å². The van der Waals surface area contributed by atoms with Crippen molar-refractivity contribution >= 4 is 17.6 Å². The van der Waals surface area contributed by atoms with Gasteiger partial charge in [-0.2, -0.15) is 0 Å². The normalized spacial score (nSPS) is 10.6. The maximum absolute atomic E-state index is 4.45. The highest BCUT2D eigenvalue weighted by Crippen LogP contribution is 2.25. The molecule has 1 aromatic heterocycles. The van der Waals surface area contributed by atoms with E-state index in [9.17, 15) is 0 Å². The van der Waals surface area contributed by atoms with E-state index in [4.69, 9.17) is 0 Å². The molecular weight excluding hydrogens is 266 g/mol. The van der Waals surface area contributed by atoms with Gasteiger partial charge in [0.1, 0.15) is 5.82 Å². The number of hydrogen-bond donors (Lipinski definition) is 1. The highest BCUT2D eigenvalue weighted by molar-refractivity contribution is 7.98. The summed E-state index contributed by atoms with van der Waals surface area (Å²) < 4.78 is 0. The molecule has 0 saturated carbocycles. The van der Waals surface area contributed by atoms with Gasteiger partial charge in [-0.1, -0.05) is 24.6 Å². The summed E-state index contributed by atoms with van der Waals surface area (Å²) >= 11 is 1.81. The average Bonchev–Trinajstić information content (AvgIpc) is 2.45. The molecule has 2 aromatic rings. The Hall–Kier alpha value is -1.55. The second-order valence-electron chi connectivity index (χ2n) is 4.88. The number of benzene rings is 1. The molecule has 0 aliphatic carbocycles. The van der Waals surface area contributed by atoms with Gasteiger partial charge < -0.3 is 5.32 Å². The Morgan fingerprint density at radius 3 is 2.65 bits per heavy atom. The Kier molecular flexibility index (Phi) is 5.41. The Morgan fingerprint density at radius 1 is 1.15 bits per heavy atom. The van der Waals surface area contributed by atoms with Gasteiger partial charge in [0, 0.05) is 17.2 Å². The van der Waals surface area contributed by atoms with Crippen LogP contribution < -0.4 is 5.32 Å². The van der Waals surface area contributed by atoms with E-state index < -0.39 is 0 Å². The van der Waals surface area contributed by atoms with E-state index >= 15 is 0 Å². The molecule has 1 N–H and O–H groups in total. The van der Waals surface area contributed by atoms with Crippen LogP contribution in [-0.4, -0.2) is 16.5 Å². The minimum Gasteiger partial charge on any atom is -0.369 e. The minimum atomic E-state index is 0.852. The lowest BCUT2D eigenvalue weighted by Crippen LogP contribution is -2.02. The van der Waals surface area contributed by atoms with Crippen LogP contribution in [0.15, 0.2) is 35.5 Å². The Bertz CT molecular complexity index is 552. The van der Waals surface area contributed by atoms with Crippen LogP contribution in [-0.2, 0) is 5.75 Å². The summed E-state index contributed by atoms with van der Waals surface area (Å²) in [5, 5.41) is 3.23. The molecule has 106 valence electrons. The zero-order chi connectivity index (χ0) is 14.4. The van der Waals surface area contributed by atoms with Crippen LogP contribution in [0.3, 0.4) is 0 Å². The number of hydrogen-bond acceptors (Lipinski definition) is 4. The Balaban J connectivity index is 1.93. The average molecular weight is 287 g/mol. The van der Waals surface area contributed by atoms with Crippen LogP contribution >= 0.6 is 11.8 Å². The molecule has 1 heterocycles. The van der Waals surface area contributed by atoms with E-state index in [1.54, 1.807) is 0 Å². The molecule has 0 aliphatic rings. The maximum atomic E-state index is 4.45. The third kappa shape index (κ3) is 4.23. The molecule has 0 fully saturated rings. The maximum Gasteiger partial charge on any atom is 0.144 e. The van der Waals surface area contributed by atoms with Crippen molar-refractivity contribution in [3.63, 3.8) is 0 Å². The summed E-state index contributed by atoms with van der Waals surface area (Å²) in [5.74, 6) is 1.71. The number of thioether (sulfide) groups is 1. The van der Waals surface area contributed by atoms with Crippen LogP contribution in [0.1, 0.15) is 30.2 Å². The predicted molar refractivity (Wildman–Crippen MR) is 86.3 cm³/mol. The Labute approximate surface area is 125 Å². The second kappa shape index (κ2) is 7.29. The molecule has 20 heavy (non-hydrogen) atoms. The van der Waals surface area contributed by atoms with E-state index in [0.29, 0.717) is 0 Å². The third-order valence-electron chi connectivity index (χ3n) is 2.97. The number of nitrogens with zero attached hydrogens (tertiary/aromatic N) is 2. The molecule has 2 rings (SSSR count). The van der Waals surface area contributed by atoms with Gasteiger partial charge in [-0.3, -0.25) is 4.98 Å². The monoisotopic (exact) mass is 287 g/mol. The van der Waals surface area contributed by atoms with Crippen molar-refractivity contribution in [1.82, 2.24) is 9.97 Å². The number of rotatable bonds is 6. The zero-order valence-electron chi connectivity index (χ0n) is 12.3. The lowest BCUT2D eigenvalue weighted by Gasteiger charge is -2.07. The summed E-state index contributed by atoms with van der Waals surface area (Å²) in [5.41, 5.74) is 3.64. The molecule has 4 heteroatoms. The lowest BCUT2D eigenvalue weighted by atomic mass is 10.2. The molecule has 1 aromatic carbocycles. The van der Waals surface area contributed by atoms with Crippen molar-refractivity contribution in [2.45, 2.75) is 37.8 Å². The van der Waals surface area contributed by atoms with Crippen LogP contribution in [0.2, 0.25) is 0 Å². The van der Waals surface area contributed by atoms with Gasteiger partial charge in [0.15, 0.2) is 0 Å². The van der Waals surface area contributed by atoms with E-state index in [1.165, 1.54) is 16.0 Å². The predicted octanol–water partition coefficient (Wildman–Crippen LogP) is 4.21. The highest BCUT2D eigenvalue weighted by atomic mass is 32.2. The standard InChI is InChI=1S/C16H21N3S/c1-4-7-17-16-10-18-14(9-19-16)11-20-15-6-5-12(2)8-13(15)3/h5-6,8-10H,4,7,11H2,1-3H3,(H,17,19). The summed E-state index contributed by atoms with van der Waals surface area (Å²) in [6.45, 7) is 7.34. The van der Waals surface area contributed by atoms with Crippen LogP contribution in [0.25, 0.3) is 0 Å². The van der Waals surface area contributed by atoms with Gasteiger partial charge in [-0.05, 0) is 31.9 Å². The molecule has 3 nitrogen and oxygen atoms in total. The molecule has 0 radical (unpaired) electrons. The fourth-order valence-corrected chi connectivity index (χ4v) is 2.79. The summed E-state index contributed by atoms with van der Waals surface area (Å²) in [4.78, 5) is 10.1. The lowest BCUT2D eigenvalue weighted by molar-refractivity contribution is 0.960. The third-order valence-corrected chi connectivity index (χ3v) is 4.18. The Morgan fingerprint density at radius 2 is 2.00 bits per heavy atom. The molecule has 0 saturated heterocycles. The molecule has 0 atom stereocenters. The zero-order valence-corrected chi connectivity index (χ0v) is 13.1. The quantitative estimate of drug-likeness (QED) is 0.808. The van der Waals surface area contributed by atoms with E-state index in [0.717, 1.165) is 30.2 Å². The largest absolute Gasteiger partial charge is 0.369 e. The molecule has 0 unspecified atom stereocenters. The second-order valence-corrected chi connectivity index (χ2v) is 5.89. The molecule has 0 amide bonds. The van der Waals surface area contributed by atoms with Crippen molar-refractivity contribution in [2.75, 3.05) is 11.9 Å². The van der Waals surface area contributed by atoms with Crippen molar-refractivity contribution in [3.05, 3.63) is 47.4 Å². The van der Waals surface area contributed by atoms with E-state index in [-0.39, 0.29) is 0 Å². The number of nitrogens with one attached hydrogen (secondary N) is 1. The van der Waals surface area contributed by atoms with Gasteiger partial charge in [-0.25, -0.2) is 4.98 Å². The van der Waals surface area contributed by atoms with E-state index in [1.807, 2.05) is 24.2 Å².